The molecule has 0 amide bonds. The van der Waals surface area contributed by atoms with Gasteiger partial charge in [0.2, 0.25) is 5.72 Å². The second-order valence-electron chi connectivity index (χ2n) is 8.31. The Hall–Kier alpha value is -1.27. The van der Waals surface area contributed by atoms with E-state index in [0.29, 0.717) is 10.0 Å². The van der Waals surface area contributed by atoms with Gasteiger partial charge in [0.1, 0.15) is 5.75 Å². The van der Waals surface area contributed by atoms with E-state index in [9.17, 15) is 0 Å². The first-order valence-corrected chi connectivity index (χ1v) is 12.1. The fraction of sp³-hybridized carbons (Fsp3) is 0.435. The lowest BCUT2D eigenvalue weighted by atomic mass is 9.90. The van der Waals surface area contributed by atoms with Gasteiger partial charge >= 0.3 is 0 Å². The Bertz CT molecular complexity index is 1000. The first-order valence-electron chi connectivity index (χ1n) is 10.5. The quantitative estimate of drug-likeness (QED) is 0.473. The van der Waals surface area contributed by atoms with Crippen LogP contribution in [0.4, 0.5) is 0 Å². The van der Waals surface area contributed by atoms with Crippen LogP contribution >= 0.6 is 39.1 Å². The molecule has 3 heterocycles. The van der Waals surface area contributed by atoms with Crippen molar-refractivity contribution in [1.82, 2.24) is 9.91 Å². The van der Waals surface area contributed by atoms with Crippen LogP contribution in [0.15, 0.2) is 46.0 Å². The second kappa shape index (κ2) is 8.01. The van der Waals surface area contributed by atoms with E-state index in [1.165, 1.54) is 12.0 Å². The number of piperidine rings is 1. The molecular formula is C23H24BrCl2N3O. The molecule has 0 N–H and O–H groups in total. The van der Waals surface area contributed by atoms with Gasteiger partial charge in [-0.3, -0.25) is 0 Å². The zero-order valence-electron chi connectivity index (χ0n) is 16.9. The van der Waals surface area contributed by atoms with Gasteiger partial charge in [0.25, 0.3) is 0 Å². The van der Waals surface area contributed by atoms with E-state index in [2.05, 4.69) is 51.0 Å². The van der Waals surface area contributed by atoms with Crippen molar-refractivity contribution in [2.75, 3.05) is 19.6 Å². The third kappa shape index (κ3) is 3.54. The van der Waals surface area contributed by atoms with Gasteiger partial charge in [-0.15, -0.1) is 0 Å². The zero-order chi connectivity index (χ0) is 20.9. The lowest BCUT2D eigenvalue weighted by molar-refractivity contribution is -0.149. The number of hydrazone groups is 1. The number of rotatable bonds is 3. The Kier molecular flexibility index (Phi) is 5.51. The number of likely N-dealkylation sites (tertiary alicyclic amines) is 1. The summed E-state index contributed by atoms with van der Waals surface area (Å²) < 4.78 is 7.76. The summed E-state index contributed by atoms with van der Waals surface area (Å²) in [6.07, 6.45) is 3.84. The lowest BCUT2D eigenvalue weighted by Crippen LogP contribution is -2.59. The van der Waals surface area contributed by atoms with E-state index in [1.54, 1.807) is 6.07 Å². The molecule has 1 saturated heterocycles. The van der Waals surface area contributed by atoms with E-state index >= 15 is 0 Å². The van der Waals surface area contributed by atoms with Crippen LogP contribution in [0.2, 0.25) is 10.0 Å². The van der Waals surface area contributed by atoms with Crippen LogP contribution in [0.5, 0.6) is 5.75 Å². The molecule has 0 aliphatic carbocycles. The smallest absolute Gasteiger partial charge is 0.200 e. The predicted molar refractivity (Wildman–Crippen MR) is 126 cm³/mol. The molecule has 0 bridgehead atoms. The average Bonchev–Trinajstić information content (AvgIpc) is 3.17. The van der Waals surface area contributed by atoms with E-state index in [1.807, 2.05) is 12.1 Å². The molecule has 4 nitrogen and oxygen atoms in total. The van der Waals surface area contributed by atoms with Crippen LogP contribution in [-0.2, 0) is 0 Å². The zero-order valence-corrected chi connectivity index (χ0v) is 20.0. The Labute approximate surface area is 195 Å². The molecule has 1 spiro atoms. The molecule has 3 aliphatic heterocycles. The summed E-state index contributed by atoms with van der Waals surface area (Å²) >= 11 is 16.3. The van der Waals surface area contributed by atoms with E-state index in [4.69, 9.17) is 33.0 Å². The number of hydrogen-bond acceptors (Lipinski definition) is 4. The van der Waals surface area contributed by atoms with E-state index in [0.717, 1.165) is 60.4 Å². The highest BCUT2D eigenvalue weighted by molar-refractivity contribution is 9.10. The first kappa shape index (κ1) is 20.6. The van der Waals surface area contributed by atoms with Crippen molar-refractivity contribution in [3.8, 4) is 5.75 Å². The fourth-order valence-electron chi connectivity index (χ4n) is 4.91. The van der Waals surface area contributed by atoms with Crippen molar-refractivity contribution in [2.24, 2.45) is 5.10 Å². The predicted octanol–water partition coefficient (Wildman–Crippen LogP) is 6.50. The highest BCUT2D eigenvalue weighted by Crippen LogP contribution is 2.50. The minimum absolute atomic E-state index is 0.144. The van der Waals surface area contributed by atoms with Crippen molar-refractivity contribution < 1.29 is 4.74 Å². The summed E-state index contributed by atoms with van der Waals surface area (Å²) in [5.74, 6) is 0.974. The molecule has 5 rings (SSSR count). The SMILES string of the molecule is CCCN1CCC2(CC1)Oc1ccc(Br)cc1[C@@H]1CC(c3ccc(Cl)cc3Cl)=NN12. The van der Waals surface area contributed by atoms with Gasteiger partial charge in [0.15, 0.2) is 0 Å². The summed E-state index contributed by atoms with van der Waals surface area (Å²) in [4.78, 5) is 2.53. The fourth-order valence-corrected chi connectivity index (χ4v) is 5.81. The third-order valence-corrected chi connectivity index (χ3v) is 7.42. The highest BCUT2D eigenvalue weighted by Gasteiger charge is 2.51. The van der Waals surface area contributed by atoms with E-state index < -0.39 is 5.72 Å². The Morgan fingerprint density at radius 3 is 2.70 bits per heavy atom. The van der Waals surface area contributed by atoms with Crippen LogP contribution < -0.4 is 4.74 Å². The molecule has 0 aromatic heterocycles. The van der Waals surface area contributed by atoms with Crippen LogP contribution in [0.25, 0.3) is 0 Å². The van der Waals surface area contributed by atoms with Crippen molar-refractivity contribution in [1.29, 1.82) is 0 Å². The largest absolute Gasteiger partial charge is 0.466 e. The molecule has 0 unspecified atom stereocenters. The maximum atomic E-state index is 6.71. The minimum atomic E-state index is -0.406. The molecule has 1 fully saturated rings. The van der Waals surface area contributed by atoms with Crippen LogP contribution in [0.1, 0.15) is 49.8 Å². The molecule has 1 atom stereocenters. The molecule has 2 aromatic rings. The van der Waals surface area contributed by atoms with Gasteiger partial charge in [-0.05, 0) is 43.3 Å². The van der Waals surface area contributed by atoms with Gasteiger partial charge in [0, 0.05) is 53.0 Å². The van der Waals surface area contributed by atoms with Gasteiger partial charge in [-0.25, -0.2) is 5.01 Å². The second-order valence-corrected chi connectivity index (χ2v) is 10.1. The molecule has 158 valence electrons. The summed E-state index contributed by atoms with van der Waals surface area (Å²) in [5.41, 5.74) is 2.71. The molecule has 7 heteroatoms. The van der Waals surface area contributed by atoms with Crippen molar-refractivity contribution in [3.05, 3.63) is 62.0 Å². The number of nitrogens with zero attached hydrogens (tertiary/aromatic N) is 3. The normalized spacial score (nSPS) is 22.5. The Morgan fingerprint density at radius 2 is 1.97 bits per heavy atom. The molecule has 0 radical (unpaired) electrons. The summed E-state index contributed by atoms with van der Waals surface area (Å²) in [6.45, 7) is 5.42. The molecular weight excluding hydrogens is 485 g/mol. The maximum Gasteiger partial charge on any atom is 0.200 e. The summed E-state index contributed by atoms with van der Waals surface area (Å²) in [7, 11) is 0. The van der Waals surface area contributed by atoms with Crippen LogP contribution in [-0.4, -0.2) is 41.0 Å². The minimum Gasteiger partial charge on any atom is -0.466 e. The lowest BCUT2D eigenvalue weighted by Gasteiger charge is -2.51. The molecule has 2 aromatic carbocycles. The number of ether oxygens (including phenoxy) is 1. The summed E-state index contributed by atoms with van der Waals surface area (Å²) in [5, 5.41) is 8.62. The average molecular weight is 509 g/mol. The monoisotopic (exact) mass is 507 g/mol. The number of benzene rings is 2. The van der Waals surface area contributed by atoms with Crippen molar-refractivity contribution >= 4 is 44.8 Å². The molecule has 3 aliphatic rings. The molecule has 0 saturated carbocycles. The number of fused-ring (bicyclic) bond motifs is 4. The van der Waals surface area contributed by atoms with Crippen molar-refractivity contribution in [2.45, 2.75) is 44.4 Å². The Morgan fingerprint density at radius 1 is 1.17 bits per heavy atom. The number of halogens is 3. The Balaban J connectivity index is 1.54. The molecule has 30 heavy (non-hydrogen) atoms. The van der Waals surface area contributed by atoms with Crippen LogP contribution in [0, 0.1) is 0 Å². The van der Waals surface area contributed by atoms with Gasteiger partial charge < -0.3 is 9.64 Å². The van der Waals surface area contributed by atoms with Gasteiger partial charge in [0.05, 0.1) is 16.8 Å². The van der Waals surface area contributed by atoms with E-state index in [-0.39, 0.29) is 6.04 Å². The maximum absolute atomic E-state index is 6.71. The standard InChI is InChI=1S/C23H24BrCl2N3O/c1-2-9-28-10-7-23(8-11-28)29-21(18-12-15(24)3-6-22(18)30-23)14-20(27-29)17-5-4-16(25)13-19(17)26/h3-6,12-13,21H,2,7-11,14H2,1H3/t21-/m0/s1. The topological polar surface area (TPSA) is 28.1 Å². The van der Waals surface area contributed by atoms with Crippen molar-refractivity contribution in [3.63, 3.8) is 0 Å². The number of hydrogen-bond donors (Lipinski definition) is 0. The van der Waals surface area contributed by atoms with Crippen LogP contribution in [0.3, 0.4) is 0 Å². The highest BCUT2D eigenvalue weighted by atomic mass is 79.9. The summed E-state index contributed by atoms with van der Waals surface area (Å²) in [6, 6.07) is 12.1. The van der Waals surface area contributed by atoms with Gasteiger partial charge in [-0.1, -0.05) is 52.1 Å². The first-order chi connectivity index (χ1) is 14.5. The third-order valence-electron chi connectivity index (χ3n) is 6.38. The van der Waals surface area contributed by atoms with Gasteiger partial charge in [-0.2, -0.15) is 5.10 Å².